The molecule has 0 saturated carbocycles. The number of benzene rings is 14. The minimum Gasteiger partial charge on any atom is -0.309 e. The highest BCUT2D eigenvalue weighted by Gasteiger charge is 2.22. The van der Waals surface area contributed by atoms with Crippen LogP contribution in [0.3, 0.4) is 0 Å². The molecule has 0 radical (unpaired) electrons. The fourth-order valence-electron chi connectivity index (χ4n) is 14.4. The molecule has 0 fully saturated rings. The van der Waals surface area contributed by atoms with Crippen molar-refractivity contribution in [2.45, 2.75) is 6.42 Å². The van der Waals surface area contributed by atoms with Gasteiger partial charge in [0, 0.05) is 65.9 Å². The fourth-order valence-corrected chi connectivity index (χ4v) is 14.5. The Morgan fingerprint density at radius 2 is 0.525 bits per heavy atom. The number of hydrogen-bond donors (Lipinski definition) is 0. The zero-order chi connectivity index (χ0) is 67.2. The van der Waals surface area contributed by atoms with E-state index in [1.807, 2.05) is 121 Å². The number of fused-ring (bicyclic) bond motifs is 12. The van der Waals surface area contributed by atoms with Crippen molar-refractivity contribution in [2.75, 3.05) is 0 Å². The first kappa shape index (κ1) is 60.2. The van der Waals surface area contributed by atoms with Gasteiger partial charge in [-0.05, 0) is 147 Å². The van der Waals surface area contributed by atoms with E-state index in [-0.39, 0.29) is 5.28 Å². The van der Waals surface area contributed by atoms with Gasteiger partial charge >= 0.3 is 0 Å². The fraction of sp³-hybridized carbons (Fsp3) is 0.0110. The average Bonchev–Trinajstić information content (AvgIpc) is 1.60. The predicted octanol–water partition coefficient (Wildman–Crippen LogP) is 22.9. The van der Waals surface area contributed by atoms with E-state index in [9.17, 15) is 0 Å². The lowest BCUT2D eigenvalue weighted by Gasteiger charge is -2.11. The predicted molar refractivity (Wildman–Crippen MR) is 415 cm³/mol. The van der Waals surface area contributed by atoms with Gasteiger partial charge in [0.25, 0.3) is 0 Å². The van der Waals surface area contributed by atoms with Gasteiger partial charge in [0.1, 0.15) is 0 Å². The molecule has 0 spiro atoms. The van der Waals surface area contributed by atoms with E-state index in [4.69, 9.17) is 26.6 Å². The van der Waals surface area contributed by atoms with Gasteiger partial charge in [0.2, 0.25) is 11.2 Å². The number of hydrogen-bond acceptors (Lipinski definition) is 6. The minimum atomic E-state index is 0.202. The third-order valence-electron chi connectivity index (χ3n) is 19.1. The van der Waals surface area contributed by atoms with Gasteiger partial charge < -0.3 is 9.13 Å². The second-order valence-corrected chi connectivity index (χ2v) is 25.5. The highest BCUT2D eigenvalue weighted by Crippen LogP contribution is 2.42. The van der Waals surface area contributed by atoms with Crippen LogP contribution in [0.1, 0.15) is 11.1 Å². The molecule has 476 valence electrons. The SMILES string of the molecule is Clc1nc(-c2ccccc2)nc(-c2ccccc2)n1.c1ccc(-c2nc(-c3ccccc3)nc(-n3c4ccccc4c4cc(-c5ccc6c(c5)c5ccccc5n6-c5ccccc5)ccc43)n2)cc1.c1ccc(-n2c3ccccc3c3cc(-c4ccc5c(c4)-c4ccccc4C5)ccc32)cc1. The molecule has 5 heterocycles. The van der Waals surface area contributed by atoms with E-state index in [2.05, 4.69) is 259 Å². The summed E-state index contributed by atoms with van der Waals surface area (Å²) in [6, 6.07) is 123. The molecule has 0 amide bonds. The van der Waals surface area contributed by atoms with E-state index in [0.29, 0.717) is 29.2 Å². The molecule has 0 N–H and O–H groups in total. The summed E-state index contributed by atoms with van der Waals surface area (Å²) in [5.74, 6) is 3.03. The Balaban J connectivity index is 0.000000122. The maximum atomic E-state index is 5.99. The third-order valence-corrected chi connectivity index (χ3v) is 19.2. The van der Waals surface area contributed by atoms with Gasteiger partial charge in [0.15, 0.2) is 23.3 Å². The van der Waals surface area contributed by atoms with Crippen molar-refractivity contribution in [2.24, 2.45) is 0 Å². The first-order valence-electron chi connectivity index (χ1n) is 33.8. The molecule has 14 aromatic carbocycles. The van der Waals surface area contributed by atoms with E-state index in [0.717, 1.165) is 61.7 Å². The van der Waals surface area contributed by atoms with Crippen LogP contribution in [0.2, 0.25) is 5.28 Å². The number of rotatable bonds is 9. The Morgan fingerprint density at radius 3 is 0.950 bits per heavy atom. The molecule has 9 nitrogen and oxygen atoms in total. The van der Waals surface area contributed by atoms with Gasteiger partial charge in [-0.3, -0.25) is 4.57 Å². The third kappa shape index (κ3) is 11.3. The van der Waals surface area contributed by atoms with Crippen LogP contribution in [0.15, 0.2) is 352 Å². The second kappa shape index (κ2) is 26.0. The van der Waals surface area contributed by atoms with Crippen molar-refractivity contribution in [1.29, 1.82) is 0 Å². The highest BCUT2D eigenvalue weighted by atomic mass is 35.5. The molecule has 19 aromatic rings. The van der Waals surface area contributed by atoms with Gasteiger partial charge in [-0.25, -0.2) is 9.97 Å². The molecule has 101 heavy (non-hydrogen) atoms. The van der Waals surface area contributed by atoms with Crippen LogP contribution in [0, 0.1) is 0 Å². The number of aromatic nitrogens is 9. The molecule has 10 heteroatoms. The Kier molecular flexibility index (Phi) is 15.5. The summed E-state index contributed by atoms with van der Waals surface area (Å²) in [5, 5.41) is 7.55. The normalized spacial score (nSPS) is 11.6. The van der Waals surface area contributed by atoms with Crippen molar-refractivity contribution in [1.82, 2.24) is 43.6 Å². The summed E-state index contributed by atoms with van der Waals surface area (Å²) in [7, 11) is 0. The average molecular weight is 1310 g/mol. The van der Waals surface area contributed by atoms with Crippen molar-refractivity contribution in [3.63, 3.8) is 0 Å². The number of nitrogens with zero attached hydrogens (tertiary/aromatic N) is 9. The van der Waals surface area contributed by atoms with Crippen molar-refractivity contribution >= 4 is 77.0 Å². The topological polar surface area (TPSA) is 92.1 Å². The Morgan fingerprint density at radius 1 is 0.218 bits per heavy atom. The van der Waals surface area contributed by atoms with Crippen molar-refractivity contribution in [3.8, 4) is 96.3 Å². The van der Waals surface area contributed by atoms with Crippen LogP contribution in [-0.2, 0) is 6.42 Å². The Labute approximate surface area is 587 Å². The lowest BCUT2D eigenvalue weighted by molar-refractivity contribution is 0.953. The van der Waals surface area contributed by atoms with E-state index in [1.165, 1.54) is 88.2 Å². The van der Waals surface area contributed by atoms with E-state index in [1.54, 1.807) is 0 Å². The molecule has 1 aliphatic rings. The van der Waals surface area contributed by atoms with Crippen LogP contribution in [-0.4, -0.2) is 43.6 Å². The monoisotopic (exact) mass is 1310 g/mol. The van der Waals surface area contributed by atoms with Gasteiger partial charge in [-0.2, -0.15) is 19.9 Å². The molecule has 0 atom stereocenters. The first-order valence-corrected chi connectivity index (χ1v) is 34.2. The maximum absolute atomic E-state index is 5.99. The first-order chi connectivity index (χ1) is 50.0. The zero-order valence-corrected chi connectivity index (χ0v) is 55.4. The van der Waals surface area contributed by atoms with Crippen LogP contribution in [0.25, 0.3) is 162 Å². The van der Waals surface area contributed by atoms with Gasteiger partial charge in [-0.1, -0.05) is 267 Å². The molecule has 0 unspecified atom stereocenters. The minimum absolute atomic E-state index is 0.202. The van der Waals surface area contributed by atoms with Gasteiger partial charge in [0.05, 0.1) is 33.1 Å². The van der Waals surface area contributed by atoms with E-state index < -0.39 is 0 Å². The Bertz CT molecular complexity index is 6180. The van der Waals surface area contributed by atoms with Crippen molar-refractivity contribution in [3.05, 3.63) is 368 Å². The lowest BCUT2D eigenvalue weighted by atomic mass is 9.97. The number of halogens is 1. The van der Waals surface area contributed by atoms with Crippen LogP contribution in [0.5, 0.6) is 0 Å². The molecule has 5 aromatic heterocycles. The molecular weight excluding hydrogens is 1250 g/mol. The molecule has 0 bridgehead atoms. The summed E-state index contributed by atoms with van der Waals surface area (Å²) < 4.78 is 6.90. The molecular formula is C91H60ClN9. The van der Waals surface area contributed by atoms with E-state index >= 15 is 0 Å². The summed E-state index contributed by atoms with van der Waals surface area (Å²) in [6.45, 7) is 0. The van der Waals surface area contributed by atoms with Crippen LogP contribution in [0.4, 0.5) is 0 Å². The van der Waals surface area contributed by atoms with Gasteiger partial charge in [-0.15, -0.1) is 0 Å². The molecule has 0 aliphatic heterocycles. The van der Waals surface area contributed by atoms with Crippen LogP contribution >= 0.6 is 11.6 Å². The van der Waals surface area contributed by atoms with Crippen molar-refractivity contribution < 1.29 is 0 Å². The summed E-state index contributed by atoms with van der Waals surface area (Å²) in [4.78, 5) is 27.9. The quantitative estimate of drug-likeness (QED) is 0.143. The molecule has 20 rings (SSSR count). The Hall–Kier alpha value is -13.2. The summed E-state index contributed by atoms with van der Waals surface area (Å²) in [6.07, 6.45) is 1.04. The number of para-hydroxylation sites is 5. The largest absolute Gasteiger partial charge is 0.309 e. The lowest BCUT2D eigenvalue weighted by Crippen LogP contribution is -2.06. The van der Waals surface area contributed by atoms with Crippen LogP contribution < -0.4 is 0 Å². The zero-order valence-electron chi connectivity index (χ0n) is 54.6. The molecule has 1 aliphatic carbocycles. The maximum Gasteiger partial charge on any atom is 0.238 e. The standard InChI is InChI=1S/C45H29N5.C31H21N.C15H10ClN3/c1-4-14-30(15-5-1)43-46-44(31-16-6-2-7-17-31)48-45(47-43)50-40-23-13-11-21-36(40)38-29-33(25-27-42(38)50)32-24-26-41-37(28-32)35-20-10-12-22-39(35)49(41)34-18-8-3-9-19-34;1-2-9-25(10-3-1)32-30-13-7-6-12-27(30)29-20-22(16-17-31(29)32)21-14-15-24-18-23-8-4-5-11-26(23)28(24)19-21;16-15-18-13(11-7-3-1-4-8-11)17-14(19-15)12-9-5-2-6-10-12/h1-29H;1-17,19-20H,18H2;1-10H. The molecule has 0 saturated heterocycles. The summed E-state index contributed by atoms with van der Waals surface area (Å²) >= 11 is 5.99. The highest BCUT2D eigenvalue weighted by molar-refractivity contribution is 6.28. The smallest absolute Gasteiger partial charge is 0.238 e. The second-order valence-electron chi connectivity index (χ2n) is 25.1. The summed E-state index contributed by atoms with van der Waals surface area (Å²) in [5.41, 5.74) is 23.5.